The number of carbonyl (C=O) groups excluding carboxylic acids is 1. The van der Waals surface area contributed by atoms with Gasteiger partial charge in [-0.3, -0.25) is 4.79 Å². The maximum absolute atomic E-state index is 12.0. The number of nitrogens with one attached hydrogen (secondary N) is 1. The van der Waals surface area contributed by atoms with Gasteiger partial charge in [0.25, 0.3) is 0 Å². The van der Waals surface area contributed by atoms with Crippen LogP contribution in [0.15, 0.2) is 0 Å². The van der Waals surface area contributed by atoms with Gasteiger partial charge in [-0.15, -0.1) is 0 Å². The summed E-state index contributed by atoms with van der Waals surface area (Å²) < 4.78 is 0. The SMILES string of the molecule is CCCCCCCCCCCCCCCCCCNCC(=O)N(C)CCCCCC. The van der Waals surface area contributed by atoms with Crippen LogP contribution in [0, 0.1) is 0 Å². The van der Waals surface area contributed by atoms with Gasteiger partial charge in [-0.05, 0) is 19.4 Å². The molecule has 0 aromatic carbocycles. The van der Waals surface area contributed by atoms with E-state index in [1.807, 2.05) is 11.9 Å². The van der Waals surface area contributed by atoms with Gasteiger partial charge >= 0.3 is 0 Å². The lowest BCUT2D eigenvalue weighted by atomic mass is 10.0. The maximum Gasteiger partial charge on any atom is 0.236 e. The zero-order chi connectivity index (χ0) is 22.1. The van der Waals surface area contributed by atoms with E-state index in [-0.39, 0.29) is 5.91 Å². The summed E-state index contributed by atoms with van der Waals surface area (Å²) in [6.07, 6.45) is 27.3. The second kappa shape index (κ2) is 24.7. The Labute approximate surface area is 190 Å². The van der Waals surface area contributed by atoms with Gasteiger partial charge in [0.1, 0.15) is 0 Å². The Morgan fingerprint density at radius 3 is 1.37 bits per heavy atom. The van der Waals surface area contributed by atoms with E-state index in [4.69, 9.17) is 0 Å². The molecule has 0 aliphatic rings. The minimum absolute atomic E-state index is 0.239. The van der Waals surface area contributed by atoms with Crippen molar-refractivity contribution in [1.82, 2.24) is 10.2 Å². The predicted octanol–water partition coefficient (Wildman–Crippen LogP) is 7.88. The van der Waals surface area contributed by atoms with Crippen LogP contribution in [0.2, 0.25) is 0 Å². The molecular formula is C27H56N2O. The lowest BCUT2D eigenvalue weighted by Crippen LogP contribution is -2.36. The van der Waals surface area contributed by atoms with Crippen molar-refractivity contribution in [2.45, 2.75) is 142 Å². The monoisotopic (exact) mass is 424 g/mol. The number of hydrogen-bond acceptors (Lipinski definition) is 2. The number of nitrogens with zero attached hydrogens (tertiary/aromatic N) is 1. The summed E-state index contributed by atoms with van der Waals surface area (Å²) in [5, 5.41) is 3.33. The van der Waals surface area contributed by atoms with Crippen molar-refractivity contribution in [3.05, 3.63) is 0 Å². The van der Waals surface area contributed by atoms with Crippen LogP contribution < -0.4 is 5.32 Å². The average molecular weight is 425 g/mol. The highest BCUT2D eigenvalue weighted by molar-refractivity contribution is 5.77. The van der Waals surface area contributed by atoms with Crippen LogP contribution in [0.25, 0.3) is 0 Å². The summed E-state index contributed by atoms with van der Waals surface area (Å²) in [7, 11) is 1.94. The Kier molecular flexibility index (Phi) is 24.2. The van der Waals surface area contributed by atoms with Crippen molar-refractivity contribution in [3.63, 3.8) is 0 Å². The van der Waals surface area contributed by atoms with Crippen molar-refractivity contribution in [2.24, 2.45) is 0 Å². The summed E-state index contributed by atoms with van der Waals surface area (Å²) in [5.74, 6) is 0.239. The van der Waals surface area contributed by atoms with Crippen LogP contribution in [-0.4, -0.2) is 37.5 Å². The van der Waals surface area contributed by atoms with Crippen LogP contribution in [0.3, 0.4) is 0 Å². The van der Waals surface area contributed by atoms with E-state index in [1.165, 1.54) is 122 Å². The molecule has 0 unspecified atom stereocenters. The lowest BCUT2D eigenvalue weighted by Gasteiger charge is -2.17. The smallest absolute Gasteiger partial charge is 0.236 e. The largest absolute Gasteiger partial charge is 0.345 e. The molecule has 30 heavy (non-hydrogen) atoms. The third-order valence-corrected chi connectivity index (χ3v) is 6.26. The standard InChI is InChI=1S/C27H56N2O/c1-4-6-8-10-11-12-13-14-15-16-17-18-19-20-21-22-24-28-26-27(30)29(3)25-23-9-7-5-2/h28H,4-26H2,1-3H3. The Morgan fingerprint density at radius 2 is 0.933 bits per heavy atom. The number of likely N-dealkylation sites (N-methyl/N-ethyl adjacent to an activating group) is 1. The third kappa shape index (κ3) is 22.1. The fraction of sp³-hybridized carbons (Fsp3) is 0.963. The topological polar surface area (TPSA) is 32.3 Å². The van der Waals surface area contributed by atoms with Crippen LogP contribution in [0.5, 0.6) is 0 Å². The fourth-order valence-corrected chi connectivity index (χ4v) is 4.03. The molecule has 180 valence electrons. The highest BCUT2D eigenvalue weighted by Gasteiger charge is 2.07. The molecular weight excluding hydrogens is 368 g/mol. The quantitative estimate of drug-likeness (QED) is 0.160. The van der Waals surface area contributed by atoms with Crippen molar-refractivity contribution in [3.8, 4) is 0 Å². The molecule has 3 heteroatoms. The van der Waals surface area contributed by atoms with Gasteiger partial charge in [0.2, 0.25) is 5.91 Å². The number of carbonyl (C=O) groups is 1. The van der Waals surface area contributed by atoms with Gasteiger partial charge in [-0.2, -0.15) is 0 Å². The summed E-state index contributed by atoms with van der Waals surface area (Å²) in [6.45, 7) is 6.89. The molecule has 0 rings (SSSR count). The van der Waals surface area contributed by atoms with E-state index in [0.717, 1.165) is 19.5 Å². The molecule has 0 atom stereocenters. The average Bonchev–Trinajstić information content (AvgIpc) is 2.75. The lowest BCUT2D eigenvalue weighted by molar-refractivity contribution is -0.129. The molecule has 0 saturated heterocycles. The highest BCUT2D eigenvalue weighted by Crippen LogP contribution is 2.13. The fourth-order valence-electron chi connectivity index (χ4n) is 4.03. The normalized spacial score (nSPS) is 11.2. The molecule has 0 fully saturated rings. The third-order valence-electron chi connectivity index (χ3n) is 6.26. The predicted molar refractivity (Wildman–Crippen MR) is 134 cm³/mol. The van der Waals surface area contributed by atoms with Crippen molar-refractivity contribution < 1.29 is 4.79 Å². The molecule has 0 aliphatic heterocycles. The van der Waals surface area contributed by atoms with E-state index in [2.05, 4.69) is 19.2 Å². The molecule has 0 bridgehead atoms. The first kappa shape index (κ1) is 29.4. The summed E-state index contributed by atoms with van der Waals surface area (Å²) in [6, 6.07) is 0. The Hall–Kier alpha value is -0.570. The molecule has 0 aliphatic carbocycles. The molecule has 0 spiro atoms. The molecule has 0 radical (unpaired) electrons. The second-order valence-electron chi connectivity index (χ2n) is 9.36. The first-order valence-electron chi connectivity index (χ1n) is 13.7. The van der Waals surface area contributed by atoms with Gasteiger partial charge in [0.05, 0.1) is 6.54 Å². The number of amides is 1. The molecule has 0 aromatic heterocycles. The minimum atomic E-state index is 0.239. The molecule has 0 aromatic rings. The van der Waals surface area contributed by atoms with Crippen LogP contribution in [0.4, 0.5) is 0 Å². The first-order valence-corrected chi connectivity index (χ1v) is 13.7. The summed E-state index contributed by atoms with van der Waals surface area (Å²) in [4.78, 5) is 13.9. The minimum Gasteiger partial charge on any atom is -0.345 e. The maximum atomic E-state index is 12.0. The van der Waals surface area contributed by atoms with Gasteiger partial charge in [0.15, 0.2) is 0 Å². The van der Waals surface area contributed by atoms with E-state index < -0.39 is 0 Å². The second-order valence-corrected chi connectivity index (χ2v) is 9.36. The highest BCUT2D eigenvalue weighted by atomic mass is 16.2. The van der Waals surface area contributed by atoms with E-state index in [9.17, 15) is 4.79 Å². The van der Waals surface area contributed by atoms with Gasteiger partial charge in [0, 0.05) is 13.6 Å². The van der Waals surface area contributed by atoms with Crippen molar-refractivity contribution >= 4 is 5.91 Å². The van der Waals surface area contributed by atoms with Gasteiger partial charge in [-0.1, -0.05) is 129 Å². The van der Waals surface area contributed by atoms with Gasteiger partial charge < -0.3 is 10.2 Å². The Morgan fingerprint density at radius 1 is 0.567 bits per heavy atom. The molecule has 0 heterocycles. The van der Waals surface area contributed by atoms with E-state index in [1.54, 1.807) is 0 Å². The van der Waals surface area contributed by atoms with Crippen LogP contribution >= 0.6 is 0 Å². The molecule has 3 nitrogen and oxygen atoms in total. The van der Waals surface area contributed by atoms with Crippen LogP contribution in [0.1, 0.15) is 142 Å². The first-order chi connectivity index (χ1) is 14.7. The molecule has 1 N–H and O–H groups in total. The van der Waals surface area contributed by atoms with Crippen molar-refractivity contribution in [2.75, 3.05) is 26.7 Å². The molecule has 1 amide bonds. The van der Waals surface area contributed by atoms with E-state index >= 15 is 0 Å². The van der Waals surface area contributed by atoms with E-state index in [0.29, 0.717) is 6.54 Å². The molecule has 0 saturated carbocycles. The number of rotatable bonds is 24. The number of unbranched alkanes of at least 4 members (excludes halogenated alkanes) is 18. The number of hydrogen-bond donors (Lipinski definition) is 1. The summed E-state index contributed by atoms with van der Waals surface area (Å²) in [5.41, 5.74) is 0. The van der Waals surface area contributed by atoms with Crippen molar-refractivity contribution in [1.29, 1.82) is 0 Å². The summed E-state index contributed by atoms with van der Waals surface area (Å²) >= 11 is 0. The zero-order valence-corrected chi connectivity index (χ0v) is 21.1. The van der Waals surface area contributed by atoms with Gasteiger partial charge in [-0.25, -0.2) is 0 Å². The zero-order valence-electron chi connectivity index (χ0n) is 21.1. The Balaban J connectivity index is 3.19. The Bertz CT molecular complexity index is 346. The van der Waals surface area contributed by atoms with Crippen LogP contribution in [-0.2, 0) is 4.79 Å².